The minimum atomic E-state index is -3.33. The lowest BCUT2D eigenvalue weighted by Gasteiger charge is -2.29. The molecular formula is C17H22N4O6S. The van der Waals surface area contributed by atoms with Gasteiger partial charge in [-0.05, 0) is 31.0 Å². The van der Waals surface area contributed by atoms with Crippen LogP contribution in [0.5, 0.6) is 11.5 Å². The Labute approximate surface area is 162 Å². The Morgan fingerprint density at radius 2 is 2.00 bits per heavy atom. The summed E-state index contributed by atoms with van der Waals surface area (Å²) in [5.41, 5.74) is 0.603. The maximum Gasteiger partial charge on any atom is 0.322 e. The van der Waals surface area contributed by atoms with Crippen molar-refractivity contribution in [3.63, 3.8) is 0 Å². The number of hydrogen-bond donors (Lipinski definition) is 1. The topological polar surface area (TPSA) is 124 Å². The van der Waals surface area contributed by atoms with Crippen LogP contribution in [0.4, 0.5) is 6.01 Å². The van der Waals surface area contributed by atoms with Crippen LogP contribution in [0, 0.1) is 5.92 Å². The number of methoxy groups -OCH3 is 2. The number of anilines is 1. The lowest BCUT2D eigenvalue weighted by atomic mass is 9.99. The molecule has 28 heavy (non-hydrogen) atoms. The van der Waals surface area contributed by atoms with E-state index >= 15 is 0 Å². The van der Waals surface area contributed by atoms with Crippen molar-refractivity contribution < 1.29 is 27.1 Å². The van der Waals surface area contributed by atoms with Crippen molar-refractivity contribution in [1.82, 2.24) is 14.5 Å². The van der Waals surface area contributed by atoms with Crippen LogP contribution >= 0.6 is 0 Å². The SMILES string of the molecule is COc1ccc(-c2nnc(NC(=O)[C@H]3CCCN(S(C)(=O)=O)C3)o2)cc1OC. The fourth-order valence-electron chi connectivity index (χ4n) is 3.02. The highest BCUT2D eigenvalue weighted by Crippen LogP contribution is 2.32. The normalized spacial score (nSPS) is 17.9. The lowest BCUT2D eigenvalue weighted by molar-refractivity contribution is -0.121. The number of aromatic nitrogens is 2. The fourth-order valence-corrected chi connectivity index (χ4v) is 3.94. The van der Waals surface area contributed by atoms with Crippen LogP contribution in [0.1, 0.15) is 12.8 Å². The number of ether oxygens (including phenoxy) is 2. The van der Waals surface area contributed by atoms with Gasteiger partial charge in [0.05, 0.1) is 26.4 Å². The highest BCUT2D eigenvalue weighted by Gasteiger charge is 2.31. The minimum Gasteiger partial charge on any atom is -0.493 e. The van der Waals surface area contributed by atoms with Gasteiger partial charge in [0.25, 0.3) is 0 Å². The molecule has 1 N–H and O–H groups in total. The molecule has 2 heterocycles. The van der Waals surface area contributed by atoms with Crippen molar-refractivity contribution in [3.8, 4) is 23.0 Å². The number of rotatable bonds is 6. The van der Waals surface area contributed by atoms with Gasteiger partial charge in [-0.25, -0.2) is 12.7 Å². The van der Waals surface area contributed by atoms with Crippen molar-refractivity contribution in [2.45, 2.75) is 12.8 Å². The molecule has 0 spiro atoms. The lowest BCUT2D eigenvalue weighted by Crippen LogP contribution is -2.43. The molecule has 1 saturated heterocycles. The molecule has 10 nitrogen and oxygen atoms in total. The molecule has 0 radical (unpaired) electrons. The average Bonchev–Trinajstić information content (AvgIpc) is 3.15. The summed E-state index contributed by atoms with van der Waals surface area (Å²) in [6.07, 6.45) is 2.35. The van der Waals surface area contributed by atoms with Crippen LogP contribution in [-0.2, 0) is 14.8 Å². The summed E-state index contributed by atoms with van der Waals surface area (Å²) in [7, 11) is -0.275. The first-order chi connectivity index (χ1) is 13.3. The summed E-state index contributed by atoms with van der Waals surface area (Å²) >= 11 is 0. The van der Waals surface area contributed by atoms with Crippen molar-refractivity contribution in [1.29, 1.82) is 0 Å². The van der Waals surface area contributed by atoms with Crippen molar-refractivity contribution in [2.24, 2.45) is 5.92 Å². The molecule has 1 aliphatic rings. The third-order valence-corrected chi connectivity index (χ3v) is 5.78. The first-order valence-corrected chi connectivity index (χ1v) is 10.5. The van der Waals surface area contributed by atoms with E-state index < -0.39 is 15.9 Å². The predicted molar refractivity (Wildman–Crippen MR) is 101 cm³/mol. The Kier molecular flexibility index (Phi) is 5.84. The fraction of sp³-hybridized carbons (Fsp3) is 0.471. The van der Waals surface area contributed by atoms with Gasteiger partial charge in [0, 0.05) is 18.7 Å². The summed E-state index contributed by atoms with van der Waals surface area (Å²) in [5.74, 6) is 0.451. The third kappa shape index (κ3) is 4.42. The average molecular weight is 410 g/mol. The number of piperidine rings is 1. The van der Waals surface area contributed by atoms with Crippen LogP contribution < -0.4 is 14.8 Å². The van der Waals surface area contributed by atoms with E-state index in [9.17, 15) is 13.2 Å². The van der Waals surface area contributed by atoms with E-state index in [-0.39, 0.29) is 24.4 Å². The summed E-state index contributed by atoms with van der Waals surface area (Å²) in [6.45, 7) is 0.563. The standard InChI is InChI=1S/C17H22N4O6S/c1-25-13-7-6-11(9-14(13)26-2)16-19-20-17(27-16)18-15(22)12-5-4-8-21(10-12)28(3,23)24/h6-7,9,12H,4-5,8,10H2,1-3H3,(H,18,20,22)/t12-/m0/s1. The molecule has 3 rings (SSSR count). The zero-order valence-corrected chi connectivity index (χ0v) is 16.7. The molecule has 152 valence electrons. The molecule has 0 bridgehead atoms. The van der Waals surface area contributed by atoms with Gasteiger partial charge in [-0.15, -0.1) is 5.10 Å². The zero-order valence-electron chi connectivity index (χ0n) is 15.8. The molecule has 1 aromatic heterocycles. The van der Waals surface area contributed by atoms with E-state index in [4.69, 9.17) is 13.9 Å². The van der Waals surface area contributed by atoms with E-state index in [0.717, 1.165) is 6.26 Å². The number of carbonyl (C=O) groups is 1. The van der Waals surface area contributed by atoms with E-state index in [1.165, 1.54) is 18.5 Å². The molecule has 1 atom stereocenters. The van der Waals surface area contributed by atoms with Gasteiger partial charge in [0.15, 0.2) is 11.5 Å². The van der Waals surface area contributed by atoms with Crippen molar-refractivity contribution in [3.05, 3.63) is 18.2 Å². The maximum absolute atomic E-state index is 12.5. The number of hydrogen-bond acceptors (Lipinski definition) is 8. The monoisotopic (exact) mass is 410 g/mol. The highest BCUT2D eigenvalue weighted by atomic mass is 32.2. The van der Waals surface area contributed by atoms with Gasteiger partial charge in [0.1, 0.15) is 0 Å². The summed E-state index contributed by atoms with van der Waals surface area (Å²) in [5, 5.41) is 10.3. The third-order valence-electron chi connectivity index (χ3n) is 4.51. The summed E-state index contributed by atoms with van der Waals surface area (Å²) < 4.78 is 40.7. The first-order valence-electron chi connectivity index (χ1n) is 8.63. The van der Waals surface area contributed by atoms with E-state index in [1.54, 1.807) is 18.2 Å². The molecule has 2 aromatic rings. The second-order valence-corrected chi connectivity index (χ2v) is 8.41. The largest absolute Gasteiger partial charge is 0.493 e. The molecule has 0 aliphatic carbocycles. The van der Waals surface area contributed by atoms with E-state index in [2.05, 4.69) is 15.5 Å². The van der Waals surface area contributed by atoms with E-state index in [1.807, 2.05) is 0 Å². The maximum atomic E-state index is 12.5. The van der Waals surface area contributed by atoms with Crippen LogP contribution in [-0.4, -0.2) is 62.4 Å². The molecule has 11 heteroatoms. The molecule has 1 amide bonds. The van der Waals surface area contributed by atoms with Gasteiger partial charge >= 0.3 is 6.01 Å². The second-order valence-electron chi connectivity index (χ2n) is 6.43. The number of carbonyl (C=O) groups excluding carboxylic acids is 1. The number of benzene rings is 1. The zero-order chi connectivity index (χ0) is 20.3. The number of nitrogens with one attached hydrogen (secondary N) is 1. The Balaban J connectivity index is 1.70. The van der Waals surface area contributed by atoms with Gasteiger partial charge in [-0.3, -0.25) is 10.1 Å². The Hall–Kier alpha value is -2.66. The Bertz CT molecular complexity index is 958. The molecule has 1 aliphatic heterocycles. The minimum absolute atomic E-state index is 0.0498. The van der Waals surface area contributed by atoms with Crippen LogP contribution in [0.15, 0.2) is 22.6 Å². The van der Waals surface area contributed by atoms with Gasteiger partial charge < -0.3 is 13.9 Å². The van der Waals surface area contributed by atoms with Crippen LogP contribution in [0.2, 0.25) is 0 Å². The molecule has 0 saturated carbocycles. The van der Waals surface area contributed by atoms with Crippen LogP contribution in [0.25, 0.3) is 11.5 Å². The highest BCUT2D eigenvalue weighted by molar-refractivity contribution is 7.88. The number of amides is 1. The quantitative estimate of drug-likeness (QED) is 0.757. The predicted octanol–water partition coefficient (Wildman–Crippen LogP) is 1.36. The summed E-state index contributed by atoms with van der Waals surface area (Å²) in [6, 6.07) is 5.07. The van der Waals surface area contributed by atoms with Crippen molar-refractivity contribution in [2.75, 3.05) is 38.9 Å². The van der Waals surface area contributed by atoms with Gasteiger partial charge in [0.2, 0.25) is 21.8 Å². The summed E-state index contributed by atoms with van der Waals surface area (Å²) in [4.78, 5) is 12.5. The number of nitrogens with zero attached hydrogens (tertiary/aromatic N) is 3. The smallest absolute Gasteiger partial charge is 0.322 e. The molecular weight excluding hydrogens is 388 g/mol. The van der Waals surface area contributed by atoms with Gasteiger partial charge in [-0.1, -0.05) is 5.10 Å². The Morgan fingerprint density at radius 3 is 2.68 bits per heavy atom. The molecule has 1 fully saturated rings. The number of sulfonamides is 1. The van der Waals surface area contributed by atoms with Gasteiger partial charge in [-0.2, -0.15) is 0 Å². The second kappa shape index (κ2) is 8.15. The molecule has 0 unspecified atom stereocenters. The first kappa shape index (κ1) is 20.1. The molecule has 1 aromatic carbocycles. The Morgan fingerprint density at radius 1 is 1.25 bits per heavy atom. The van der Waals surface area contributed by atoms with Crippen molar-refractivity contribution >= 4 is 21.9 Å². The van der Waals surface area contributed by atoms with Crippen LogP contribution in [0.3, 0.4) is 0 Å². The van der Waals surface area contributed by atoms with E-state index in [0.29, 0.717) is 36.4 Å².